The van der Waals surface area contributed by atoms with Gasteiger partial charge >= 0.3 is 5.51 Å². The van der Waals surface area contributed by atoms with E-state index in [2.05, 4.69) is 4.72 Å². The minimum atomic E-state index is -4.36. The Kier molecular flexibility index (Phi) is 5.87. The van der Waals surface area contributed by atoms with Gasteiger partial charge in [-0.3, -0.25) is 0 Å². The first-order chi connectivity index (χ1) is 9.12. The monoisotopic (exact) mass is 328 g/mol. The topological polar surface area (TPSA) is 72.2 Å². The Bertz CT molecular complexity index is 528. The second-order valence-electron chi connectivity index (χ2n) is 4.05. The second-order valence-corrected chi connectivity index (χ2v) is 6.98. The molecule has 20 heavy (non-hydrogen) atoms. The lowest BCUT2D eigenvalue weighted by Crippen LogP contribution is -2.26. The highest BCUT2D eigenvalue weighted by Crippen LogP contribution is 2.29. The fourth-order valence-corrected chi connectivity index (χ4v) is 2.97. The predicted molar refractivity (Wildman–Crippen MR) is 72.7 cm³/mol. The van der Waals surface area contributed by atoms with Crippen LogP contribution in [0.1, 0.15) is 18.5 Å². The zero-order valence-electron chi connectivity index (χ0n) is 10.6. The summed E-state index contributed by atoms with van der Waals surface area (Å²) in [6.45, 7) is 1.47. The molecule has 0 saturated carbocycles. The van der Waals surface area contributed by atoms with Gasteiger partial charge in [0.05, 0.1) is 4.90 Å². The largest absolute Gasteiger partial charge is 0.441 e. The minimum absolute atomic E-state index is 0.00101. The molecule has 0 heterocycles. The first-order valence-corrected chi connectivity index (χ1v) is 8.14. The Labute approximate surface area is 120 Å². The Morgan fingerprint density at radius 1 is 1.30 bits per heavy atom. The van der Waals surface area contributed by atoms with Crippen LogP contribution in [0.4, 0.5) is 13.2 Å². The van der Waals surface area contributed by atoms with Crippen molar-refractivity contribution in [2.24, 2.45) is 5.73 Å². The average molecular weight is 328 g/mol. The standard InChI is InChI=1S/C11H15F3N2O2S2/c1-8(15)9-2-4-10(5-3-9)20(17,18)16-6-7-19-11(12,13)14/h2-5,8,16H,6-7,15H2,1H3. The normalized spacial score (nSPS) is 14.2. The summed E-state index contributed by atoms with van der Waals surface area (Å²) in [5.41, 5.74) is 2.06. The van der Waals surface area contributed by atoms with Crippen molar-refractivity contribution in [3.05, 3.63) is 29.8 Å². The van der Waals surface area contributed by atoms with Gasteiger partial charge in [0, 0.05) is 18.3 Å². The molecule has 1 aromatic rings. The van der Waals surface area contributed by atoms with Gasteiger partial charge in [-0.2, -0.15) is 13.2 Å². The summed E-state index contributed by atoms with van der Waals surface area (Å²) in [5.74, 6) is -0.374. The molecule has 3 N–H and O–H groups in total. The van der Waals surface area contributed by atoms with E-state index in [9.17, 15) is 21.6 Å². The molecule has 0 aliphatic heterocycles. The van der Waals surface area contributed by atoms with E-state index < -0.39 is 15.5 Å². The Balaban J connectivity index is 2.60. The number of hydrogen-bond acceptors (Lipinski definition) is 4. The first-order valence-electron chi connectivity index (χ1n) is 5.68. The molecular weight excluding hydrogens is 313 g/mol. The minimum Gasteiger partial charge on any atom is -0.324 e. The lowest BCUT2D eigenvalue weighted by Gasteiger charge is -2.09. The molecule has 0 aromatic heterocycles. The molecule has 0 spiro atoms. The molecule has 0 aliphatic carbocycles. The van der Waals surface area contributed by atoms with Gasteiger partial charge in [-0.15, -0.1) is 0 Å². The summed E-state index contributed by atoms with van der Waals surface area (Å²) in [5, 5.41) is 0. The molecule has 114 valence electrons. The van der Waals surface area contributed by atoms with Gasteiger partial charge in [-0.25, -0.2) is 13.1 Å². The molecule has 1 unspecified atom stereocenters. The third-order valence-electron chi connectivity index (χ3n) is 2.38. The highest BCUT2D eigenvalue weighted by Gasteiger charge is 2.27. The summed E-state index contributed by atoms with van der Waals surface area (Å²) in [6, 6.07) is 5.67. The number of thioether (sulfide) groups is 1. The van der Waals surface area contributed by atoms with Crippen LogP contribution in [-0.2, 0) is 10.0 Å². The average Bonchev–Trinajstić information content (AvgIpc) is 2.34. The van der Waals surface area contributed by atoms with Crippen LogP contribution in [-0.4, -0.2) is 26.2 Å². The van der Waals surface area contributed by atoms with Gasteiger partial charge in [-0.05, 0) is 36.4 Å². The number of nitrogens with two attached hydrogens (primary N) is 1. The molecule has 0 radical (unpaired) electrons. The van der Waals surface area contributed by atoms with Gasteiger partial charge in [0.25, 0.3) is 0 Å². The van der Waals surface area contributed by atoms with Gasteiger partial charge < -0.3 is 5.73 Å². The van der Waals surface area contributed by atoms with Crippen molar-refractivity contribution < 1.29 is 21.6 Å². The quantitative estimate of drug-likeness (QED) is 0.786. The van der Waals surface area contributed by atoms with Crippen LogP contribution in [0.3, 0.4) is 0 Å². The number of alkyl halides is 3. The summed E-state index contributed by atoms with van der Waals surface area (Å²) >= 11 is -0.268. The van der Waals surface area contributed by atoms with Crippen molar-refractivity contribution in [1.82, 2.24) is 4.72 Å². The van der Waals surface area contributed by atoms with Crippen LogP contribution in [0, 0.1) is 0 Å². The lowest BCUT2D eigenvalue weighted by molar-refractivity contribution is -0.0327. The SMILES string of the molecule is CC(N)c1ccc(S(=O)(=O)NCCSC(F)(F)F)cc1. The van der Waals surface area contributed by atoms with Crippen molar-refractivity contribution in [3.8, 4) is 0 Å². The third-order valence-corrected chi connectivity index (χ3v) is 4.59. The third kappa shape index (κ3) is 5.70. The van der Waals surface area contributed by atoms with E-state index in [1.807, 2.05) is 0 Å². The van der Waals surface area contributed by atoms with E-state index in [4.69, 9.17) is 5.73 Å². The molecular formula is C11H15F3N2O2S2. The summed E-state index contributed by atoms with van der Waals surface area (Å²) in [7, 11) is -3.79. The smallest absolute Gasteiger partial charge is 0.324 e. The highest BCUT2D eigenvalue weighted by molar-refractivity contribution is 8.00. The van der Waals surface area contributed by atoms with Crippen LogP contribution in [0.5, 0.6) is 0 Å². The number of rotatable bonds is 6. The highest BCUT2D eigenvalue weighted by atomic mass is 32.2. The maximum atomic E-state index is 11.9. The van der Waals surface area contributed by atoms with Crippen LogP contribution in [0.25, 0.3) is 0 Å². The molecule has 0 bridgehead atoms. The van der Waals surface area contributed by atoms with Crippen LogP contribution >= 0.6 is 11.8 Å². The van der Waals surface area contributed by atoms with E-state index in [-0.39, 0.29) is 35.0 Å². The van der Waals surface area contributed by atoms with Crippen molar-refractivity contribution in [3.63, 3.8) is 0 Å². The van der Waals surface area contributed by atoms with Crippen molar-refractivity contribution in [2.45, 2.75) is 23.4 Å². The lowest BCUT2D eigenvalue weighted by atomic mass is 10.1. The molecule has 1 atom stereocenters. The van der Waals surface area contributed by atoms with Crippen molar-refractivity contribution in [1.29, 1.82) is 0 Å². The molecule has 1 aromatic carbocycles. The van der Waals surface area contributed by atoms with Gasteiger partial charge in [0.2, 0.25) is 10.0 Å². The van der Waals surface area contributed by atoms with E-state index in [0.717, 1.165) is 5.56 Å². The summed E-state index contributed by atoms with van der Waals surface area (Å²) < 4.78 is 61.4. The van der Waals surface area contributed by atoms with E-state index in [1.54, 1.807) is 19.1 Å². The molecule has 9 heteroatoms. The maximum absolute atomic E-state index is 11.9. The molecule has 4 nitrogen and oxygen atoms in total. The number of halogens is 3. The van der Waals surface area contributed by atoms with Crippen molar-refractivity contribution >= 4 is 21.8 Å². The number of sulfonamides is 1. The van der Waals surface area contributed by atoms with Gasteiger partial charge in [0.1, 0.15) is 0 Å². The number of hydrogen-bond donors (Lipinski definition) is 2. The van der Waals surface area contributed by atoms with Gasteiger partial charge in [0.15, 0.2) is 0 Å². The number of benzene rings is 1. The fourth-order valence-electron chi connectivity index (χ4n) is 1.38. The summed E-state index contributed by atoms with van der Waals surface area (Å²) in [4.78, 5) is -0.00101. The molecule has 0 aliphatic rings. The maximum Gasteiger partial charge on any atom is 0.441 e. The van der Waals surface area contributed by atoms with Crippen LogP contribution in [0.2, 0.25) is 0 Å². The second kappa shape index (κ2) is 6.79. The Morgan fingerprint density at radius 3 is 2.30 bits per heavy atom. The fraction of sp³-hybridized carbons (Fsp3) is 0.455. The van der Waals surface area contributed by atoms with Gasteiger partial charge in [-0.1, -0.05) is 12.1 Å². The van der Waals surface area contributed by atoms with Crippen molar-refractivity contribution in [2.75, 3.05) is 12.3 Å². The van der Waals surface area contributed by atoms with Crippen LogP contribution in [0.15, 0.2) is 29.2 Å². The van der Waals surface area contributed by atoms with Crippen LogP contribution < -0.4 is 10.5 Å². The van der Waals surface area contributed by atoms with E-state index in [1.165, 1.54) is 12.1 Å². The molecule has 0 fully saturated rings. The Hall–Kier alpha value is -0.770. The van der Waals surface area contributed by atoms with E-state index in [0.29, 0.717) is 0 Å². The Morgan fingerprint density at radius 2 is 1.85 bits per heavy atom. The zero-order chi connectivity index (χ0) is 15.4. The molecule has 1 rings (SSSR count). The molecule has 0 saturated heterocycles. The van der Waals surface area contributed by atoms with E-state index >= 15 is 0 Å². The zero-order valence-corrected chi connectivity index (χ0v) is 12.3. The number of nitrogens with one attached hydrogen (secondary N) is 1. The predicted octanol–water partition coefficient (Wildman–Crippen LogP) is 2.24. The summed E-state index contributed by atoms with van der Waals surface area (Å²) in [6.07, 6.45) is 0. The first kappa shape index (κ1) is 17.3. The molecule has 0 amide bonds.